The van der Waals surface area contributed by atoms with Crippen LogP contribution in [-0.4, -0.2) is 43.6 Å². The molecule has 0 aromatic heterocycles. The first-order valence-corrected chi connectivity index (χ1v) is 9.69. The molecule has 3 fully saturated rings. The van der Waals surface area contributed by atoms with E-state index in [2.05, 4.69) is 5.32 Å². The Bertz CT molecular complexity index is 595. The van der Waals surface area contributed by atoms with Crippen molar-refractivity contribution in [1.82, 2.24) is 5.32 Å². The molecule has 1 aromatic carbocycles. The lowest BCUT2D eigenvalue weighted by Gasteiger charge is -2.52. The van der Waals surface area contributed by atoms with E-state index in [0.29, 0.717) is 17.1 Å². The van der Waals surface area contributed by atoms with Crippen LogP contribution in [0.15, 0.2) is 18.2 Å². The van der Waals surface area contributed by atoms with Gasteiger partial charge >= 0.3 is 0 Å². The van der Waals surface area contributed by atoms with E-state index < -0.39 is 0 Å². The number of halogens is 1. The predicted octanol–water partition coefficient (Wildman–Crippen LogP) is 2.84. The van der Waals surface area contributed by atoms with Gasteiger partial charge in [0.2, 0.25) is 0 Å². The van der Waals surface area contributed by atoms with Crippen molar-refractivity contribution in [2.24, 2.45) is 5.41 Å². The predicted molar refractivity (Wildman–Crippen MR) is 96.2 cm³/mol. The monoisotopic (exact) mass is 348 g/mol. The summed E-state index contributed by atoms with van der Waals surface area (Å²) in [6.07, 6.45) is 6.02. The molecule has 4 nitrogen and oxygen atoms in total. The number of aliphatic hydroxyl groups excluding tert-OH is 1. The quantitative estimate of drug-likeness (QED) is 0.878. The normalized spacial score (nSPS) is 26.6. The van der Waals surface area contributed by atoms with Crippen molar-refractivity contribution in [2.45, 2.75) is 57.2 Å². The Kier molecular flexibility index (Phi) is 4.98. The fourth-order valence-corrected chi connectivity index (χ4v) is 4.66. The lowest BCUT2D eigenvalue weighted by Crippen LogP contribution is -2.55. The summed E-state index contributed by atoms with van der Waals surface area (Å²) in [5, 5.41) is 13.3. The molecule has 0 radical (unpaired) electrons. The average molecular weight is 348 g/mol. The highest BCUT2D eigenvalue weighted by molar-refractivity contribution is 5.49. The number of aliphatic hydroxyl groups is 1. The number of benzene rings is 1. The molecule has 1 unspecified atom stereocenters. The number of rotatable bonds is 4. The standard InChI is InChI=1S/C20H29FN2O2/c21-17-13-15(1-2-18(17)23-9-4-16(24)5-10-23)14-22-19-3-6-20(19)7-11-25-12-8-20/h1-2,13,16,19,22,24H,3-12,14H2. The van der Waals surface area contributed by atoms with Crippen molar-refractivity contribution in [3.8, 4) is 0 Å². The number of anilines is 1. The SMILES string of the molecule is OC1CCN(c2ccc(CNC3CCC34CCOCC4)cc2F)CC1. The van der Waals surface area contributed by atoms with Gasteiger partial charge in [0.25, 0.3) is 0 Å². The number of nitrogens with zero attached hydrogens (tertiary/aromatic N) is 1. The van der Waals surface area contributed by atoms with Crippen LogP contribution >= 0.6 is 0 Å². The fourth-order valence-electron chi connectivity index (χ4n) is 4.66. The van der Waals surface area contributed by atoms with Gasteiger partial charge in [0.1, 0.15) is 5.82 Å². The molecule has 2 N–H and O–H groups in total. The molecule has 25 heavy (non-hydrogen) atoms. The first-order chi connectivity index (χ1) is 12.2. The molecule has 2 saturated heterocycles. The zero-order valence-electron chi connectivity index (χ0n) is 14.8. The summed E-state index contributed by atoms with van der Waals surface area (Å²) in [5.74, 6) is -0.148. The molecule has 5 heteroatoms. The number of nitrogens with one attached hydrogen (secondary N) is 1. The first-order valence-electron chi connectivity index (χ1n) is 9.69. The van der Waals surface area contributed by atoms with Gasteiger partial charge in [-0.05, 0) is 61.6 Å². The van der Waals surface area contributed by atoms with Crippen LogP contribution in [0.1, 0.15) is 44.1 Å². The molecule has 4 rings (SSSR count). The van der Waals surface area contributed by atoms with E-state index in [4.69, 9.17) is 4.74 Å². The first kappa shape index (κ1) is 17.3. The summed E-state index contributed by atoms with van der Waals surface area (Å²) in [7, 11) is 0. The molecule has 1 spiro atoms. The highest BCUT2D eigenvalue weighted by atomic mass is 19.1. The highest BCUT2D eigenvalue weighted by Gasteiger charge is 2.46. The van der Waals surface area contributed by atoms with Crippen molar-refractivity contribution in [3.63, 3.8) is 0 Å². The maximum atomic E-state index is 14.6. The Morgan fingerprint density at radius 1 is 1.16 bits per heavy atom. The maximum absolute atomic E-state index is 14.6. The summed E-state index contributed by atoms with van der Waals surface area (Å²) in [5.41, 5.74) is 2.10. The largest absolute Gasteiger partial charge is 0.393 e. The van der Waals surface area contributed by atoms with Crippen LogP contribution in [-0.2, 0) is 11.3 Å². The van der Waals surface area contributed by atoms with Crippen LogP contribution in [0.4, 0.5) is 10.1 Å². The van der Waals surface area contributed by atoms with Crippen LogP contribution in [0.3, 0.4) is 0 Å². The Morgan fingerprint density at radius 3 is 2.56 bits per heavy atom. The van der Waals surface area contributed by atoms with Crippen molar-refractivity contribution in [2.75, 3.05) is 31.2 Å². The molecule has 0 amide bonds. The van der Waals surface area contributed by atoms with Gasteiger partial charge in [-0.3, -0.25) is 0 Å². The lowest BCUT2D eigenvalue weighted by molar-refractivity contribution is -0.0552. The summed E-state index contributed by atoms with van der Waals surface area (Å²) in [4.78, 5) is 2.04. The van der Waals surface area contributed by atoms with Gasteiger partial charge < -0.3 is 20.1 Å². The van der Waals surface area contributed by atoms with E-state index in [1.165, 1.54) is 12.8 Å². The molecule has 1 atom stereocenters. The molecular formula is C20H29FN2O2. The Hall–Kier alpha value is -1.17. The molecule has 2 heterocycles. The third kappa shape index (κ3) is 3.55. The van der Waals surface area contributed by atoms with E-state index >= 15 is 0 Å². The Balaban J connectivity index is 1.35. The van der Waals surface area contributed by atoms with Gasteiger partial charge in [-0.2, -0.15) is 0 Å². The Morgan fingerprint density at radius 2 is 1.92 bits per heavy atom. The molecule has 2 aliphatic heterocycles. The molecule has 3 aliphatic rings. The molecule has 138 valence electrons. The van der Waals surface area contributed by atoms with E-state index in [1.54, 1.807) is 6.07 Å². The number of hydrogen-bond acceptors (Lipinski definition) is 4. The Labute approximate surface area is 149 Å². The van der Waals surface area contributed by atoms with Gasteiger partial charge in [-0.15, -0.1) is 0 Å². The smallest absolute Gasteiger partial charge is 0.146 e. The zero-order valence-corrected chi connectivity index (χ0v) is 14.8. The third-order valence-corrected chi connectivity index (χ3v) is 6.53. The van der Waals surface area contributed by atoms with Crippen molar-refractivity contribution >= 4 is 5.69 Å². The second-order valence-corrected chi connectivity index (χ2v) is 7.95. The number of piperidine rings is 1. The van der Waals surface area contributed by atoms with Crippen molar-refractivity contribution in [3.05, 3.63) is 29.6 Å². The maximum Gasteiger partial charge on any atom is 0.146 e. The van der Waals surface area contributed by atoms with E-state index in [9.17, 15) is 9.50 Å². The topological polar surface area (TPSA) is 44.7 Å². The minimum atomic E-state index is -0.234. The lowest BCUT2D eigenvalue weighted by atomic mass is 9.60. The van der Waals surface area contributed by atoms with Crippen LogP contribution in [0.2, 0.25) is 0 Å². The third-order valence-electron chi connectivity index (χ3n) is 6.53. The zero-order chi connectivity index (χ0) is 17.3. The summed E-state index contributed by atoms with van der Waals surface area (Å²) in [6.45, 7) is 3.94. The van der Waals surface area contributed by atoms with Gasteiger partial charge in [0.05, 0.1) is 11.8 Å². The van der Waals surface area contributed by atoms with Crippen LogP contribution in [0.25, 0.3) is 0 Å². The van der Waals surface area contributed by atoms with Crippen LogP contribution in [0.5, 0.6) is 0 Å². The van der Waals surface area contributed by atoms with Gasteiger partial charge in [-0.25, -0.2) is 4.39 Å². The molecule has 1 saturated carbocycles. The van der Waals surface area contributed by atoms with Crippen LogP contribution < -0.4 is 10.2 Å². The molecule has 1 aliphatic carbocycles. The van der Waals surface area contributed by atoms with Gasteiger partial charge in [0, 0.05) is 38.9 Å². The van der Waals surface area contributed by atoms with Crippen molar-refractivity contribution in [1.29, 1.82) is 0 Å². The van der Waals surface area contributed by atoms with E-state index in [-0.39, 0.29) is 11.9 Å². The minimum Gasteiger partial charge on any atom is -0.393 e. The second kappa shape index (κ2) is 7.22. The van der Waals surface area contributed by atoms with Gasteiger partial charge in [-0.1, -0.05) is 6.07 Å². The molecule has 0 bridgehead atoms. The minimum absolute atomic E-state index is 0.148. The molecule has 1 aromatic rings. The summed E-state index contributed by atoms with van der Waals surface area (Å²) < 4.78 is 20.1. The highest BCUT2D eigenvalue weighted by Crippen LogP contribution is 2.48. The number of hydrogen-bond donors (Lipinski definition) is 2. The van der Waals surface area contributed by atoms with Crippen LogP contribution in [0, 0.1) is 11.2 Å². The summed E-state index contributed by atoms with van der Waals surface area (Å²) in [6, 6.07) is 6.14. The summed E-state index contributed by atoms with van der Waals surface area (Å²) >= 11 is 0. The fraction of sp³-hybridized carbons (Fsp3) is 0.700. The molecular weight excluding hydrogens is 319 g/mol. The van der Waals surface area contributed by atoms with E-state index in [0.717, 1.165) is 64.1 Å². The second-order valence-electron chi connectivity index (χ2n) is 7.95. The van der Waals surface area contributed by atoms with Crippen molar-refractivity contribution < 1.29 is 14.2 Å². The van der Waals surface area contributed by atoms with E-state index in [1.807, 2.05) is 17.0 Å². The number of ether oxygens (including phenoxy) is 1. The average Bonchev–Trinajstić information content (AvgIpc) is 2.63. The van der Waals surface area contributed by atoms with Gasteiger partial charge in [0.15, 0.2) is 0 Å².